The number of nitrogens with one attached hydrogen (secondary N) is 1. The summed E-state index contributed by atoms with van der Waals surface area (Å²) < 4.78 is 15.1. The zero-order valence-corrected chi connectivity index (χ0v) is 19.7. The lowest BCUT2D eigenvalue weighted by atomic mass is 10.0. The lowest BCUT2D eigenvalue weighted by molar-refractivity contribution is -0.136. The third-order valence-electron chi connectivity index (χ3n) is 7.38. The van der Waals surface area contributed by atoms with E-state index in [0.717, 1.165) is 30.5 Å². The second-order valence-electron chi connectivity index (χ2n) is 9.65. The predicted molar refractivity (Wildman–Crippen MR) is 132 cm³/mol. The Balaban J connectivity index is 1.13. The first-order chi connectivity index (χ1) is 17.5. The Bertz CT molecular complexity index is 1390. The van der Waals surface area contributed by atoms with E-state index in [9.17, 15) is 14.4 Å². The van der Waals surface area contributed by atoms with Crippen LogP contribution in [0.1, 0.15) is 34.3 Å². The molecule has 0 radical (unpaired) electrons. The molecule has 0 aliphatic carbocycles. The van der Waals surface area contributed by atoms with Gasteiger partial charge in [-0.1, -0.05) is 12.1 Å². The van der Waals surface area contributed by atoms with Crippen molar-refractivity contribution in [3.8, 4) is 0 Å². The van der Waals surface area contributed by atoms with Crippen LogP contribution >= 0.6 is 0 Å². The van der Waals surface area contributed by atoms with E-state index in [1.807, 2.05) is 17.0 Å². The molecule has 2 saturated heterocycles. The van der Waals surface area contributed by atoms with Crippen LogP contribution in [0.5, 0.6) is 0 Å². The van der Waals surface area contributed by atoms with Crippen LogP contribution in [0.2, 0.25) is 0 Å². The van der Waals surface area contributed by atoms with Crippen molar-refractivity contribution in [1.82, 2.24) is 20.1 Å². The maximum absolute atomic E-state index is 15.1. The van der Waals surface area contributed by atoms with E-state index in [1.165, 1.54) is 16.5 Å². The number of piperazine rings is 1. The Kier molecular flexibility index (Phi) is 5.64. The Morgan fingerprint density at radius 1 is 1.03 bits per heavy atom. The largest absolute Gasteiger partial charge is 0.367 e. The zero-order valence-electron chi connectivity index (χ0n) is 19.7. The van der Waals surface area contributed by atoms with Crippen molar-refractivity contribution in [1.29, 1.82) is 0 Å². The van der Waals surface area contributed by atoms with Crippen LogP contribution < -0.4 is 10.2 Å². The summed E-state index contributed by atoms with van der Waals surface area (Å²) in [5.41, 5.74) is 3.70. The van der Waals surface area contributed by atoms with Gasteiger partial charge in [-0.05, 0) is 47.9 Å². The number of rotatable bonds is 4. The minimum Gasteiger partial charge on any atom is -0.367 e. The van der Waals surface area contributed by atoms with Crippen LogP contribution in [0.25, 0.3) is 10.9 Å². The SMILES string of the molecule is O=C1CCC(N2Cc3cc(N4CCN(Cc5ccc6ncccc6c5)CC4)c(F)cc3C2=O)C(=O)N1. The van der Waals surface area contributed by atoms with Crippen molar-refractivity contribution in [2.75, 3.05) is 31.1 Å². The molecule has 9 heteroatoms. The quantitative estimate of drug-likeness (QED) is 0.569. The summed E-state index contributed by atoms with van der Waals surface area (Å²) in [7, 11) is 0. The normalized spacial score (nSPS) is 20.7. The molecule has 184 valence electrons. The topological polar surface area (TPSA) is 85.9 Å². The molecule has 1 N–H and O–H groups in total. The highest BCUT2D eigenvalue weighted by molar-refractivity contribution is 6.05. The third kappa shape index (κ3) is 4.09. The van der Waals surface area contributed by atoms with E-state index < -0.39 is 17.8 Å². The standard InChI is InChI=1S/C27H26FN5O3/c28-21-14-20-19(16-33(27(20)36)23-5-6-25(34)30-26(23)35)13-24(21)32-10-8-31(9-11-32)15-17-3-4-22-18(12-17)2-1-7-29-22/h1-4,7,12-14,23H,5-6,8-11,15-16H2,(H,30,34,35). The summed E-state index contributed by atoms with van der Waals surface area (Å²) in [5, 5.41) is 3.42. The average molecular weight is 488 g/mol. The molecule has 3 aromatic rings. The summed E-state index contributed by atoms with van der Waals surface area (Å²) in [6.07, 6.45) is 2.27. The predicted octanol–water partition coefficient (Wildman–Crippen LogP) is 2.46. The molecule has 3 aliphatic heterocycles. The smallest absolute Gasteiger partial charge is 0.255 e. The van der Waals surface area contributed by atoms with Crippen molar-refractivity contribution in [3.63, 3.8) is 0 Å². The number of fused-ring (bicyclic) bond motifs is 2. The highest BCUT2D eigenvalue weighted by atomic mass is 19.1. The van der Waals surface area contributed by atoms with E-state index >= 15 is 4.39 Å². The molecular weight excluding hydrogens is 461 g/mol. The van der Waals surface area contributed by atoms with Gasteiger partial charge in [-0.15, -0.1) is 0 Å². The number of carbonyl (C=O) groups excluding carboxylic acids is 3. The number of nitrogens with zero attached hydrogens (tertiary/aromatic N) is 4. The molecule has 8 nitrogen and oxygen atoms in total. The number of pyridine rings is 1. The lowest BCUT2D eigenvalue weighted by Crippen LogP contribution is -2.52. The molecule has 0 saturated carbocycles. The van der Waals surface area contributed by atoms with Gasteiger partial charge >= 0.3 is 0 Å². The summed E-state index contributed by atoms with van der Waals surface area (Å²) in [6, 6.07) is 12.7. The Morgan fingerprint density at radius 2 is 1.86 bits per heavy atom. The third-order valence-corrected chi connectivity index (χ3v) is 7.38. The van der Waals surface area contributed by atoms with Gasteiger partial charge in [0.2, 0.25) is 11.8 Å². The van der Waals surface area contributed by atoms with Gasteiger partial charge in [-0.2, -0.15) is 0 Å². The Labute approximate surface area is 207 Å². The molecule has 1 atom stereocenters. The van der Waals surface area contributed by atoms with E-state index in [-0.39, 0.29) is 31.2 Å². The molecule has 6 rings (SSSR count). The van der Waals surface area contributed by atoms with Crippen LogP contribution in [-0.4, -0.2) is 64.7 Å². The Morgan fingerprint density at radius 3 is 2.67 bits per heavy atom. The van der Waals surface area contributed by atoms with E-state index in [1.54, 1.807) is 12.3 Å². The molecule has 0 bridgehead atoms. The molecule has 3 amide bonds. The number of carbonyl (C=O) groups is 3. The second kappa shape index (κ2) is 8.98. The number of benzene rings is 2. The van der Waals surface area contributed by atoms with Crippen molar-refractivity contribution < 1.29 is 18.8 Å². The number of piperidine rings is 1. The second-order valence-corrected chi connectivity index (χ2v) is 9.65. The van der Waals surface area contributed by atoms with Crippen LogP contribution in [0, 0.1) is 5.82 Å². The van der Waals surface area contributed by atoms with Gasteiger partial charge in [0.15, 0.2) is 0 Å². The highest BCUT2D eigenvalue weighted by Gasteiger charge is 2.40. The number of amides is 3. The average Bonchev–Trinajstić information content (AvgIpc) is 3.19. The van der Waals surface area contributed by atoms with Crippen molar-refractivity contribution in [3.05, 3.63) is 71.2 Å². The van der Waals surface area contributed by atoms with Crippen LogP contribution in [0.3, 0.4) is 0 Å². The van der Waals surface area contributed by atoms with E-state index in [4.69, 9.17) is 0 Å². The molecule has 2 fully saturated rings. The molecule has 1 unspecified atom stereocenters. The molecule has 0 spiro atoms. The van der Waals surface area contributed by atoms with Crippen LogP contribution in [-0.2, 0) is 22.7 Å². The van der Waals surface area contributed by atoms with Crippen molar-refractivity contribution in [2.45, 2.75) is 32.0 Å². The number of hydrogen-bond acceptors (Lipinski definition) is 6. The van der Waals surface area contributed by atoms with Gasteiger partial charge in [0.05, 0.1) is 11.2 Å². The first-order valence-electron chi connectivity index (χ1n) is 12.2. The van der Waals surface area contributed by atoms with E-state index in [0.29, 0.717) is 29.9 Å². The fourth-order valence-corrected chi connectivity index (χ4v) is 5.45. The van der Waals surface area contributed by atoms with Crippen LogP contribution in [0.15, 0.2) is 48.7 Å². The number of aromatic nitrogens is 1. The maximum Gasteiger partial charge on any atom is 0.255 e. The zero-order chi connectivity index (χ0) is 24.8. The van der Waals surface area contributed by atoms with Gasteiger partial charge < -0.3 is 9.80 Å². The summed E-state index contributed by atoms with van der Waals surface area (Å²) in [5.74, 6) is -1.58. The molecule has 2 aromatic carbocycles. The minimum atomic E-state index is -0.705. The summed E-state index contributed by atoms with van der Waals surface area (Å²) >= 11 is 0. The lowest BCUT2D eigenvalue weighted by Gasteiger charge is -2.36. The van der Waals surface area contributed by atoms with E-state index in [2.05, 4.69) is 33.4 Å². The summed E-state index contributed by atoms with van der Waals surface area (Å²) in [6.45, 7) is 4.00. The first-order valence-corrected chi connectivity index (χ1v) is 12.2. The highest BCUT2D eigenvalue weighted by Crippen LogP contribution is 2.33. The van der Waals surface area contributed by atoms with Crippen LogP contribution in [0.4, 0.5) is 10.1 Å². The molecular formula is C27H26FN5O3. The number of anilines is 1. The van der Waals surface area contributed by atoms with Gasteiger partial charge in [0.1, 0.15) is 11.9 Å². The molecule has 1 aromatic heterocycles. The summed E-state index contributed by atoms with van der Waals surface area (Å²) in [4.78, 5) is 46.9. The number of imide groups is 1. The van der Waals surface area contributed by atoms with Crippen molar-refractivity contribution in [2.24, 2.45) is 0 Å². The Hall–Kier alpha value is -3.85. The van der Waals surface area contributed by atoms with Gasteiger partial charge in [-0.3, -0.25) is 29.6 Å². The van der Waals surface area contributed by atoms with Gasteiger partial charge in [0, 0.05) is 62.8 Å². The number of hydrogen-bond donors (Lipinski definition) is 1. The van der Waals surface area contributed by atoms with Gasteiger partial charge in [0.25, 0.3) is 5.91 Å². The molecule has 36 heavy (non-hydrogen) atoms. The monoisotopic (exact) mass is 487 g/mol. The molecule has 4 heterocycles. The van der Waals surface area contributed by atoms with Crippen molar-refractivity contribution >= 4 is 34.3 Å². The maximum atomic E-state index is 15.1. The minimum absolute atomic E-state index is 0.191. The fraction of sp³-hybridized carbons (Fsp3) is 0.333. The molecule has 3 aliphatic rings. The fourth-order valence-electron chi connectivity index (χ4n) is 5.45. The first kappa shape index (κ1) is 22.6. The number of halogens is 1. The van der Waals surface area contributed by atoms with Gasteiger partial charge in [-0.25, -0.2) is 4.39 Å².